The number of pyridine rings is 1. The Kier molecular flexibility index (Phi) is 5.79. The third kappa shape index (κ3) is 4.80. The SMILES string of the molecule is CN(C)CCn1cc(O)c(=O)cc1CN1CCCC(C(=O)O)C1. The van der Waals surface area contributed by atoms with Crippen molar-refractivity contribution in [2.45, 2.75) is 25.9 Å². The van der Waals surface area contributed by atoms with E-state index >= 15 is 0 Å². The molecule has 7 nitrogen and oxygen atoms in total. The summed E-state index contributed by atoms with van der Waals surface area (Å²) in [6.45, 7) is 3.29. The van der Waals surface area contributed by atoms with E-state index in [9.17, 15) is 19.8 Å². The van der Waals surface area contributed by atoms with Crippen molar-refractivity contribution in [2.75, 3.05) is 33.7 Å². The van der Waals surface area contributed by atoms with Crippen LogP contribution in [0.4, 0.5) is 0 Å². The Morgan fingerprint density at radius 3 is 2.83 bits per heavy atom. The summed E-state index contributed by atoms with van der Waals surface area (Å²) in [7, 11) is 3.92. The van der Waals surface area contributed by atoms with E-state index in [2.05, 4.69) is 4.90 Å². The highest BCUT2D eigenvalue weighted by Crippen LogP contribution is 2.19. The highest BCUT2D eigenvalue weighted by atomic mass is 16.4. The molecule has 2 N–H and O–H groups in total. The van der Waals surface area contributed by atoms with Crippen molar-refractivity contribution >= 4 is 5.97 Å². The second-order valence-electron chi connectivity index (χ2n) is 6.42. The van der Waals surface area contributed by atoms with Crippen LogP contribution >= 0.6 is 0 Å². The Morgan fingerprint density at radius 1 is 1.43 bits per heavy atom. The van der Waals surface area contributed by atoms with Gasteiger partial charge in [0.2, 0.25) is 5.43 Å². The molecular weight excluding hydrogens is 298 g/mol. The van der Waals surface area contributed by atoms with Gasteiger partial charge in [-0.25, -0.2) is 0 Å². The van der Waals surface area contributed by atoms with Gasteiger partial charge < -0.3 is 19.7 Å². The maximum absolute atomic E-state index is 11.8. The molecule has 0 aromatic carbocycles. The number of aliphatic carboxylic acids is 1. The van der Waals surface area contributed by atoms with E-state index in [0.29, 0.717) is 26.1 Å². The first-order valence-electron chi connectivity index (χ1n) is 7.89. The molecule has 1 aromatic heterocycles. The van der Waals surface area contributed by atoms with Crippen molar-refractivity contribution in [1.82, 2.24) is 14.4 Å². The lowest BCUT2D eigenvalue weighted by molar-refractivity contribution is -0.143. The third-order valence-electron chi connectivity index (χ3n) is 4.23. The normalized spacial score (nSPS) is 19.2. The average Bonchev–Trinajstić information content (AvgIpc) is 2.49. The number of hydrogen-bond donors (Lipinski definition) is 2. The topological polar surface area (TPSA) is 86.0 Å². The predicted molar refractivity (Wildman–Crippen MR) is 86.6 cm³/mol. The van der Waals surface area contributed by atoms with E-state index in [1.807, 2.05) is 23.6 Å². The van der Waals surface area contributed by atoms with Gasteiger partial charge >= 0.3 is 5.97 Å². The number of hydrogen-bond acceptors (Lipinski definition) is 5. The minimum Gasteiger partial charge on any atom is -0.503 e. The number of aromatic hydroxyl groups is 1. The van der Waals surface area contributed by atoms with E-state index < -0.39 is 11.4 Å². The van der Waals surface area contributed by atoms with Crippen molar-refractivity contribution < 1.29 is 15.0 Å². The Labute approximate surface area is 135 Å². The van der Waals surface area contributed by atoms with Crippen LogP contribution in [0, 0.1) is 5.92 Å². The summed E-state index contributed by atoms with van der Waals surface area (Å²) < 4.78 is 1.88. The number of carbonyl (C=O) groups is 1. The molecule has 1 unspecified atom stereocenters. The minimum atomic E-state index is -0.759. The molecule has 2 rings (SSSR count). The molecule has 0 amide bonds. The van der Waals surface area contributed by atoms with Crippen molar-refractivity contribution in [3.63, 3.8) is 0 Å². The van der Waals surface area contributed by atoms with Crippen LogP contribution in [0.1, 0.15) is 18.5 Å². The highest BCUT2D eigenvalue weighted by Gasteiger charge is 2.25. The molecule has 0 radical (unpaired) electrons. The van der Waals surface area contributed by atoms with Gasteiger partial charge in [0.15, 0.2) is 5.75 Å². The van der Waals surface area contributed by atoms with E-state index in [4.69, 9.17) is 0 Å². The fourth-order valence-electron chi connectivity index (χ4n) is 2.88. The zero-order valence-electron chi connectivity index (χ0n) is 13.7. The van der Waals surface area contributed by atoms with E-state index in [-0.39, 0.29) is 11.7 Å². The molecule has 1 aliphatic heterocycles. The Morgan fingerprint density at radius 2 is 2.17 bits per heavy atom. The van der Waals surface area contributed by atoms with Gasteiger partial charge in [0.1, 0.15) is 0 Å². The van der Waals surface area contributed by atoms with Crippen LogP contribution in [0.5, 0.6) is 5.75 Å². The fraction of sp³-hybridized carbons (Fsp3) is 0.625. The van der Waals surface area contributed by atoms with Crippen LogP contribution in [0.2, 0.25) is 0 Å². The van der Waals surface area contributed by atoms with Gasteiger partial charge in [-0.2, -0.15) is 0 Å². The Bertz CT molecular complexity index is 612. The number of likely N-dealkylation sites (tertiary alicyclic amines) is 1. The van der Waals surface area contributed by atoms with Gasteiger partial charge in [0.05, 0.1) is 12.1 Å². The molecule has 0 spiro atoms. The first kappa shape index (κ1) is 17.5. The van der Waals surface area contributed by atoms with Crippen LogP contribution in [0.3, 0.4) is 0 Å². The fourth-order valence-corrected chi connectivity index (χ4v) is 2.88. The number of likely N-dealkylation sites (N-methyl/N-ethyl adjacent to an activating group) is 1. The van der Waals surface area contributed by atoms with Crippen LogP contribution in [-0.2, 0) is 17.9 Å². The van der Waals surface area contributed by atoms with Crippen LogP contribution in [0.25, 0.3) is 0 Å². The van der Waals surface area contributed by atoms with Crippen LogP contribution < -0.4 is 5.43 Å². The minimum absolute atomic E-state index is 0.255. The Balaban J connectivity index is 2.15. The lowest BCUT2D eigenvalue weighted by Crippen LogP contribution is -2.39. The van der Waals surface area contributed by atoms with Gasteiger partial charge in [-0.15, -0.1) is 0 Å². The average molecular weight is 323 g/mol. The largest absolute Gasteiger partial charge is 0.503 e. The van der Waals surface area contributed by atoms with Crippen molar-refractivity contribution in [3.05, 3.63) is 28.2 Å². The van der Waals surface area contributed by atoms with Crippen LogP contribution in [0.15, 0.2) is 17.1 Å². The number of carboxylic acids is 1. The molecule has 23 heavy (non-hydrogen) atoms. The lowest BCUT2D eigenvalue weighted by atomic mass is 9.98. The maximum Gasteiger partial charge on any atom is 0.307 e. The zero-order valence-corrected chi connectivity index (χ0v) is 13.7. The molecule has 0 bridgehead atoms. The van der Waals surface area contributed by atoms with Gasteiger partial charge in [-0.1, -0.05) is 0 Å². The molecule has 1 fully saturated rings. The maximum atomic E-state index is 11.8. The first-order chi connectivity index (χ1) is 10.9. The molecule has 1 atom stereocenters. The summed E-state index contributed by atoms with van der Waals surface area (Å²) >= 11 is 0. The summed E-state index contributed by atoms with van der Waals surface area (Å²) in [4.78, 5) is 27.0. The molecule has 0 saturated carbocycles. The number of nitrogens with zero attached hydrogens (tertiary/aromatic N) is 3. The molecule has 0 aliphatic carbocycles. The molecule has 128 valence electrons. The summed E-state index contributed by atoms with van der Waals surface area (Å²) in [5, 5.41) is 18.9. The number of piperidine rings is 1. The summed E-state index contributed by atoms with van der Waals surface area (Å²) in [6, 6.07) is 1.45. The third-order valence-corrected chi connectivity index (χ3v) is 4.23. The van der Waals surface area contributed by atoms with Gasteiger partial charge in [0, 0.05) is 37.9 Å². The smallest absolute Gasteiger partial charge is 0.307 e. The van der Waals surface area contributed by atoms with Gasteiger partial charge in [-0.3, -0.25) is 14.5 Å². The molecule has 7 heteroatoms. The molecule has 1 aliphatic rings. The summed E-state index contributed by atoms with van der Waals surface area (Å²) in [6.07, 6.45) is 3.02. The molecular formula is C16H25N3O4. The second kappa shape index (κ2) is 7.61. The van der Waals surface area contributed by atoms with Crippen molar-refractivity contribution in [2.24, 2.45) is 5.92 Å². The standard InChI is InChI=1S/C16H25N3O4/c1-17(2)6-7-19-11-15(21)14(20)8-13(19)10-18-5-3-4-12(9-18)16(22)23/h8,11-12,21H,3-7,9-10H2,1-2H3,(H,22,23). The van der Waals surface area contributed by atoms with E-state index in [0.717, 1.165) is 25.2 Å². The summed E-state index contributed by atoms with van der Waals surface area (Å²) in [5.41, 5.74) is 0.411. The highest BCUT2D eigenvalue weighted by molar-refractivity contribution is 5.70. The first-order valence-corrected chi connectivity index (χ1v) is 7.89. The molecule has 1 saturated heterocycles. The monoisotopic (exact) mass is 323 g/mol. The predicted octanol–water partition coefficient (Wildman–Crippen LogP) is 0.412. The number of aromatic nitrogens is 1. The zero-order chi connectivity index (χ0) is 17.0. The van der Waals surface area contributed by atoms with Crippen molar-refractivity contribution in [1.29, 1.82) is 0 Å². The molecule has 1 aromatic rings. The second-order valence-corrected chi connectivity index (χ2v) is 6.42. The quantitative estimate of drug-likeness (QED) is 0.789. The lowest BCUT2D eigenvalue weighted by Gasteiger charge is -2.31. The summed E-state index contributed by atoms with van der Waals surface area (Å²) in [5.74, 6) is -1.36. The van der Waals surface area contributed by atoms with Gasteiger partial charge in [0.25, 0.3) is 0 Å². The van der Waals surface area contributed by atoms with E-state index in [1.54, 1.807) is 0 Å². The number of carboxylic acid groups (broad SMARTS) is 1. The van der Waals surface area contributed by atoms with Crippen LogP contribution in [-0.4, -0.2) is 64.3 Å². The van der Waals surface area contributed by atoms with Gasteiger partial charge in [-0.05, 0) is 33.5 Å². The van der Waals surface area contributed by atoms with Crippen molar-refractivity contribution in [3.8, 4) is 5.75 Å². The van der Waals surface area contributed by atoms with E-state index in [1.165, 1.54) is 12.3 Å². The molecule has 2 heterocycles. The number of rotatable bonds is 6. The Hall–Kier alpha value is -1.86.